The molecule has 1 spiro atoms. The summed E-state index contributed by atoms with van der Waals surface area (Å²) in [6, 6.07) is 4.58. The fourth-order valence-corrected chi connectivity index (χ4v) is 3.53. The number of methoxy groups -OCH3 is 1. The Morgan fingerprint density at radius 2 is 2.17 bits per heavy atom. The summed E-state index contributed by atoms with van der Waals surface area (Å²) in [5.74, 6) is 0.605. The van der Waals surface area contributed by atoms with Gasteiger partial charge in [0, 0.05) is 18.0 Å². The normalized spacial score (nSPS) is 21.6. The van der Waals surface area contributed by atoms with Gasteiger partial charge in [0.25, 0.3) is 0 Å². The van der Waals surface area contributed by atoms with E-state index in [0.717, 1.165) is 32.4 Å². The van der Waals surface area contributed by atoms with E-state index in [0.29, 0.717) is 11.3 Å². The summed E-state index contributed by atoms with van der Waals surface area (Å²) >= 11 is 0. The van der Waals surface area contributed by atoms with Crippen LogP contribution >= 0.6 is 0 Å². The summed E-state index contributed by atoms with van der Waals surface area (Å²) < 4.78 is 34.6. The third-order valence-corrected chi connectivity index (χ3v) is 5.04. The lowest BCUT2D eigenvalue weighted by molar-refractivity contribution is -0.123. The van der Waals surface area contributed by atoms with Gasteiger partial charge in [0.1, 0.15) is 11.5 Å². The summed E-state index contributed by atoms with van der Waals surface area (Å²) in [5, 5.41) is 6.16. The Morgan fingerprint density at radius 3 is 2.83 bits per heavy atom. The highest BCUT2D eigenvalue weighted by Crippen LogP contribution is 2.58. The van der Waals surface area contributed by atoms with E-state index in [-0.39, 0.29) is 29.5 Å². The molecule has 5 nitrogen and oxygen atoms in total. The van der Waals surface area contributed by atoms with Crippen molar-refractivity contribution in [3.8, 4) is 11.5 Å². The third kappa shape index (κ3) is 3.61. The van der Waals surface area contributed by atoms with Crippen LogP contribution in [-0.4, -0.2) is 32.7 Å². The van der Waals surface area contributed by atoms with E-state index in [1.807, 2.05) is 0 Å². The van der Waals surface area contributed by atoms with Gasteiger partial charge in [-0.25, -0.2) is 0 Å². The molecule has 132 valence electrons. The largest absolute Gasteiger partial charge is 0.497 e. The van der Waals surface area contributed by atoms with E-state index >= 15 is 0 Å². The van der Waals surface area contributed by atoms with Gasteiger partial charge in [0.2, 0.25) is 5.91 Å². The second kappa shape index (κ2) is 6.93. The van der Waals surface area contributed by atoms with Gasteiger partial charge in [0.15, 0.2) is 0 Å². The number of piperidine rings is 1. The van der Waals surface area contributed by atoms with Crippen molar-refractivity contribution in [2.45, 2.75) is 32.4 Å². The first kappa shape index (κ1) is 17.0. The zero-order chi connectivity index (χ0) is 17.2. The van der Waals surface area contributed by atoms with Crippen LogP contribution in [0.4, 0.5) is 8.78 Å². The van der Waals surface area contributed by atoms with Crippen LogP contribution in [-0.2, 0) is 11.3 Å². The maximum absolute atomic E-state index is 12.5. The smallest absolute Gasteiger partial charge is 0.387 e. The number of nitrogens with one attached hydrogen (secondary N) is 2. The van der Waals surface area contributed by atoms with E-state index in [4.69, 9.17) is 4.74 Å². The molecule has 1 unspecified atom stereocenters. The van der Waals surface area contributed by atoms with Crippen molar-refractivity contribution in [3.63, 3.8) is 0 Å². The standard InChI is InChI=1S/C17H22F2N2O3/c1-23-12-2-3-14(24-16(18)19)11(8-12)10-21-15(22)13-9-17(13)4-6-20-7-5-17/h2-3,8,13,16,20H,4-7,9-10H2,1H3,(H,21,22). The second-order valence-corrected chi connectivity index (χ2v) is 6.44. The molecule has 2 fully saturated rings. The van der Waals surface area contributed by atoms with Crippen LogP contribution in [0, 0.1) is 11.3 Å². The molecule has 2 aliphatic rings. The first-order valence-electron chi connectivity index (χ1n) is 8.14. The maximum Gasteiger partial charge on any atom is 0.387 e. The van der Waals surface area contributed by atoms with Crippen LogP contribution < -0.4 is 20.1 Å². The summed E-state index contributed by atoms with van der Waals surface area (Å²) in [7, 11) is 1.50. The number of hydrogen-bond donors (Lipinski definition) is 2. The molecule has 1 aromatic carbocycles. The fraction of sp³-hybridized carbons (Fsp3) is 0.588. The number of carbonyl (C=O) groups excluding carboxylic acids is 1. The quantitative estimate of drug-likeness (QED) is 0.834. The zero-order valence-corrected chi connectivity index (χ0v) is 13.6. The Morgan fingerprint density at radius 1 is 1.42 bits per heavy atom. The summed E-state index contributed by atoms with van der Waals surface area (Å²) in [6.07, 6.45) is 2.95. The number of halogens is 2. The van der Waals surface area contributed by atoms with Gasteiger partial charge in [-0.2, -0.15) is 8.78 Å². The number of benzene rings is 1. The summed E-state index contributed by atoms with van der Waals surface area (Å²) in [6.45, 7) is -0.865. The molecule has 1 saturated carbocycles. The van der Waals surface area contributed by atoms with Gasteiger partial charge in [-0.15, -0.1) is 0 Å². The van der Waals surface area contributed by atoms with E-state index in [2.05, 4.69) is 15.4 Å². The monoisotopic (exact) mass is 340 g/mol. The second-order valence-electron chi connectivity index (χ2n) is 6.44. The molecule has 0 aromatic heterocycles. The minimum atomic E-state index is -2.91. The SMILES string of the molecule is COc1ccc(OC(F)F)c(CNC(=O)C2CC23CCNCC3)c1. The van der Waals surface area contributed by atoms with Crippen LogP contribution in [0.1, 0.15) is 24.8 Å². The predicted molar refractivity (Wildman–Crippen MR) is 84.1 cm³/mol. The Hall–Kier alpha value is -1.89. The van der Waals surface area contributed by atoms with E-state index < -0.39 is 6.61 Å². The Balaban J connectivity index is 1.62. The highest BCUT2D eigenvalue weighted by molar-refractivity contribution is 5.82. The van der Waals surface area contributed by atoms with Gasteiger partial charge in [-0.1, -0.05) is 0 Å². The summed E-state index contributed by atoms with van der Waals surface area (Å²) in [5.41, 5.74) is 0.620. The fourth-order valence-electron chi connectivity index (χ4n) is 3.53. The molecule has 3 rings (SSSR count). The average Bonchev–Trinajstić information content (AvgIpc) is 3.27. The Labute approximate surface area is 139 Å². The minimum Gasteiger partial charge on any atom is -0.497 e. The van der Waals surface area contributed by atoms with Gasteiger partial charge >= 0.3 is 6.61 Å². The van der Waals surface area contributed by atoms with Crippen molar-refractivity contribution in [2.75, 3.05) is 20.2 Å². The van der Waals surface area contributed by atoms with E-state index in [9.17, 15) is 13.6 Å². The first-order valence-corrected chi connectivity index (χ1v) is 8.14. The van der Waals surface area contributed by atoms with Crippen molar-refractivity contribution in [1.82, 2.24) is 10.6 Å². The van der Waals surface area contributed by atoms with Crippen molar-refractivity contribution in [1.29, 1.82) is 0 Å². The molecule has 2 N–H and O–H groups in total. The lowest BCUT2D eigenvalue weighted by Gasteiger charge is -2.23. The molecule has 1 saturated heterocycles. The van der Waals surface area contributed by atoms with Crippen LogP contribution in [0.3, 0.4) is 0 Å². The summed E-state index contributed by atoms with van der Waals surface area (Å²) in [4.78, 5) is 12.4. The number of amides is 1. The zero-order valence-electron chi connectivity index (χ0n) is 13.6. The number of ether oxygens (including phenoxy) is 2. The van der Waals surface area contributed by atoms with Crippen LogP contribution in [0.5, 0.6) is 11.5 Å². The highest BCUT2D eigenvalue weighted by atomic mass is 19.3. The van der Waals surface area contributed by atoms with Gasteiger partial charge < -0.3 is 20.1 Å². The molecule has 0 radical (unpaired) electrons. The highest BCUT2D eigenvalue weighted by Gasteiger charge is 2.57. The lowest BCUT2D eigenvalue weighted by atomic mass is 9.92. The predicted octanol–water partition coefficient (Wildman–Crippen LogP) is 2.30. The van der Waals surface area contributed by atoms with E-state index in [1.165, 1.54) is 13.2 Å². The van der Waals surface area contributed by atoms with Crippen LogP contribution in [0.2, 0.25) is 0 Å². The molecule has 1 aliphatic heterocycles. The molecule has 7 heteroatoms. The molecule has 1 atom stereocenters. The Kier molecular flexibility index (Phi) is 4.89. The molecule has 1 aliphatic carbocycles. The lowest BCUT2D eigenvalue weighted by Crippen LogP contribution is -2.33. The molecular weight excluding hydrogens is 318 g/mol. The molecular formula is C17H22F2N2O3. The molecule has 1 amide bonds. The number of hydrogen-bond acceptors (Lipinski definition) is 4. The first-order chi connectivity index (χ1) is 11.5. The number of rotatable bonds is 6. The van der Waals surface area contributed by atoms with Crippen LogP contribution in [0.25, 0.3) is 0 Å². The molecule has 24 heavy (non-hydrogen) atoms. The maximum atomic E-state index is 12.5. The van der Waals surface area contributed by atoms with Crippen molar-refractivity contribution >= 4 is 5.91 Å². The van der Waals surface area contributed by atoms with Crippen molar-refractivity contribution in [2.24, 2.45) is 11.3 Å². The average molecular weight is 340 g/mol. The van der Waals surface area contributed by atoms with Crippen molar-refractivity contribution in [3.05, 3.63) is 23.8 Å². The van der Waals surface area contributed by atoms with Crippen molar-refractivity contribution < 1.29 is 23.0 Å². The number of carbonyl (C=O) groups is 1. The van der Waals surface area contributed by atoms with Crippen LogP contribution in [0.15, 0.2) is 18.2 Å². The Bertz CT molecular complexity index is 603. The van der Waals surface area contributed by atoms with Gasteiger partial charge in [-0.05, 0) is 56.0 Å². The third-order valence-electron chi connectivity index (χ3n) is 5.04. The van der Waals surface area contributed by atoms with E-state index in [1.54, 1.807) is 12.1 Å². The molecule has 1 heterocycles. The minimum absolute atomic E-state index is 0.0114. The topological polar surface area (TPSA) is 59.6 Å². The molecule has 1 aromatic rings. The van der Waals surface area contributed by atoms with Gasteiger partial charge in [-0.3, -0.25) is 4.79 Å². The number of alkyl halides is 2. The molecule has 0 bridgehead atoms. The van der Waals surface area contributed by atoms with Gasteiger partial charge in [0.05, 0.1) is 7.11 Å².